The topological polar surface area (TPSA) is 59.5 Å². The number of halogens is 1. The van der Waals surface area contributed by atoms with Crippen LogP contribution in [0.2, 0.25) is 0 Å². The van der Waals surface area contributed by atoms with Gasteiger partial charge in [0, 0.05) is 12.5 Å². The summed E-state index contributed by atoms with van der Waals surface area (Å²) in [5.74, 6) is -0.722. The first-order valence-electron chi connectivity index (χ1n) is 8.13. The second-order valence-electron chi connectivity index (χ2n) is 6.61. The molecule has 26 heavy (non-hydrogen) atoms. The Morgan fingerprint density at radius 3 is 2.81 bits per heavy atom. The van der Waals surface area contributed by atoms with Crippen molar-refractivity contribution in [2.24, 2.45) is 0 Å². The predicted octanol–water partition coefficient (Wildman–Crippen LogP) is 3.60. The van der Waals surface area contributed by atoms with Crippen LogP contribution in [0.5, 0.6) is 0 Å². The first-order valence-corrected chi connectivity index (χ1v) is 8.13. The number of imidazole rings is 1. The van der Waals surface area contributed by atoms with E-state index >= 15 is 0 Å². The summed E-state index contributed by atoms with van der Waals surface area (Å²) in [5, 5.41) is 10.7. The van der Waals surface area contributed by atoms with Gasteiger partial charge >= 0.3 is 0 Å². The van der Waals surface area contributed by atoms with E-state index in [-0.39, 0.29) is 24.6 Å². The number of nitrogens with zero attached hydrogens (tertiary/aromatic N) is 3. The minimum absolute atomic E-state index is 0.0209. The predicted molar refractivity (Wildman–Crippen MR) is 96.5 cm³/mol. The molecular formula is C20H18FN3O2. The molecule has 0 aliphatic rings. The maximum Gasteiger partial charge on any atom is 0.190 e. The van der Waals surface area contributed by atoms with Crippen LogP contribution in [-0.2, 0) is 17.8 Å². The molecule has 1 N–H and O–H groups in total. The van der Waals surface area contributed by atoms with Gasteiger partial charge in [-0.05, 0) is 37.1 Å². The van der Waals surface area contributed by atoms with Gasteiger partial charge in [-0.1, -0.05) is 18.2 Å². The molecule has 0 radical (unpaired) electrons. The van der Waals surface area contributed by atoms with E-state index in [1.54, 1.807) is 28.8 Å². The Balaban J connectivity index is 1.79. The number of rotatable bonds is 5. The summed E-state index contributed by atoms with van der Waals surface area (Å²) >= 11 is 0. The maximum absolute atomic E-state index is 13.3. The average molecular weight is 351 g/mol. The van der Waals surface area contributed by atoms with E-state index in [1.165, 1.54) is 25.4 Å². The van der Waals surface area contributed by atoms with Gasteiger partial charge in [0.25, 0.3) is 0 Å². The molecule has 0 unspecified atom stereocenters. The Bertz CT molecular complexity index is 1030. The van der Waals surface area contributed by atoms with E-state index in [0.29, 0.717) is 16.7 Å². The van der Waals surface area contributed by atoms with Crippen LogP contribution >= 0.6 is 0 Å². The number of fused-ring (bicyclic) bond motifs is 1. The Morgan fingerprint density at radius 1 is 1.35 bits per heavy atom. The van der Waals surface area contributed by atoms with Crippen LogP contribution in [-0.4, -0.2) is 26.0 Å². The summed E-state index contributed by atoms with van der Waals surface area (Å²) < 4.78 is 14.9. The summed E-state index contributed by atoms with van der Waals surface area (Å²) in [6.45, 7) is 10.4. The van der Waals surface area contributed by atoms with E-state index in [2.05, 4.69) is 9.83 Å². The molecule has 0 spiro atoms. The molecule has 0 aliphatic carbocycles. The molecular weight excluding hydrogens is 333 g/mol. The van der Waals surface area contributed by atoms with Crippen molar-refractivity contribution in [1.82, 2.24) is 9.55 Å². The number of Topliss-reactive ketones (excluding diaryl/α,β-unsaturated/α-hetero) is 1. The van der Waals surface area contributed by atoms with E-state index < -0.39 is 5.60 Å². The van der Waals surface area contributed by atoms with Crippen molar-refractivity contribution >= 4 is 22.5 Å². The molecule has 1 atom stereocenters. The Morgan fingerprint density at radius 2 is 2.12 bits per heavy atom. The highest BCUT2D eigenvalue weighted by Crippen LogP contribution is 2.22. The van der Waals surface area contributed by atoms with E-state index in [0.717, 1.165) is 11.1 Å². The van der Waals surface area contributed by atoms with E-state index in [1.807, 2.05) is 6.92 Å². The number of aromatic nitrogens is 2. The number of ketones is 1. The zero-order chi connectivity index (χ0) is 18.9. The number of carbonyl (C=O) groups excluding carboxylic acids is 1. The first kappa shape index (κ1) is 17.8. The number of aliphatic hydroxyl groups is 1. The van der Waals surface area contributed by atoms with Crippen LogP contribution in [0, 0.1) is 19.3 Å². The summed E-state index contributed by atoms with van der Waals surface area (Å²) in [4.78, 5) is 20.1. The molecule has 6 heteroatoms. The van der Waals surface area contributed by atoms with Gasteiger partial charge in [-0.3, -0.25) is 4.79 Å². The normalized spacial score (nSPS) is 13.3. The number of hydrogen-bond donors (Lipinski definition) is 1. The smallest absolute Gasteiger partial charge is 0.190 e. The van der Waals surface area contributed by atoms with Crippen molar-refractivity contribution in [3.05, 3.63) is 71.1 Å². The van der Waals surface area contributed by atoms with Crippen LogP contribution in [0.4, 0.5) is 10.1 Å². The Labute approximate surface area is 150 Å². The lowest BCUT2D eigenvalue weighted by molar-refractivity contribution is -0.136. The number of hydrogen-bond acceptors (Lipinski definition) is 3. The third-order valence-electron chi connectivity index (χ3n) is 4.41. The molecule has 1 aromatic heterocycles. The van der Waals surface area contributed by atoms with Crippen molar-refractivity contribution in [2.45, 2.75) is 32.4 Å². The van der Waals surface area contributed by atoms with Crippen molar-refractivity contribution in [2.75, 3.05) is 0 Å². The average Bonchev–Trinajstić information content (AvgIpc) is 2.96. The third kappa shape index (κ3) is 3.48. The summed E-state index contributed by atoms with van der Waals surface area (Å²) in [6, 6.07) is 9.39. The highest BCUT2D eigenvalue weighted by Gasteiger charge is 2.31. The minimum Gasteiger partial charge on any atom is -0.380 e. The summed E-state index contributed by atoms with van der Waals surface area (Å²) in [5.41, 5.74) is 1.61. The second-order valence-corrected chi connectivity index (χ2v) is 6.61. The number of carbonyl (C=O) groups is 1. The summed E-state index contributed by atoms with van der Waals surface area (Å²) in [7, 11) is 0. The molecule has 0 saturated carbocycles. The van der Waals surface area contributed by atoms with Crippen LogP contribution < -0.4 is 0 Å². The monoisotopic (exact) mass is 351 g/mol. The maximum atomic E-state index is 13.3. The minimum atomic E-state index is -1.60. The van der Waals surface area contributed by atoms with Gasteiger partial charge in [0.1, 0.15) is 11.4 Å². The first-order chi connectivity index (χ1) is 12.3. The molecule has 0 amide bonds. The molecule has 3 rings (SSSR count). The fraction of sp³-hybridized carbons (Fsp3) is 0.250. The highest BCUT2D eigenvalue weighted by atomic mass is 19.1. The molecule has 0 bridgehead atoms. The zero-order valence-corrected chi connectivity index (χ0v) is 14.5. The quantitative estimate of drug-likeness (QED) is 0.715. The zero-order valence-electron chi connectivity index (χ0n) is 14.5. The van der Waals surface area contributed by atoms with Gasteiger partial charge in [-0.25, -0.2) is 14.2 Å². The van der Waals surface area contributed by atoms with Gasteiger partial charge in [0.05, 0.1) is 30.5 Å². The number of benzene rings is 2. The van der Waals surface area contributed by atoms with Gasteiger partial charge < -0.3 is 9.67 Å². The van der Waals surface area contributed by atoms with Crippen molar-refractivity contribution in [3.8, 4) is 0 Å². The van der Waals surface area contributed by atoms with Crippen molar-refractivity contribution in [3.63, 3.8) is 0 Å². The lowest BCUT2D eigenvalue weighted by Crippen LogP contribution is -2.40. The third-order valence-corrected chi connectivity index (χ3v) is 4.41. The molecule has 3 aromatic rings. The summed E-state index contributed by atoms with van der Waals surface area (Å²) in [6.07, 6.45) is 1.55. The molecule has 0 saturated heterocycles. The highest BCUT2D eigenvalue weighted by molar-refractivity contribution is 5.89. The van der Waals surface area contributed by atoms with Crippen molar-refractivity contribution < 1.29 is 14.3 Å². The van der Waals surface area contributed by atoms with Crippen LogP contribution in [0.15, 0.2) is 42.7 Å². The molecule has 1 heterocycles. The fourth-order valence-electron chi connectivity index (χ4n) is 2.91. The van der Waals surface area contributed by atoms with Gasteiger partial charge in [-0.2, -0.15) is 0 Å². The van der Waals surface area contributed by atoms with Gasteiger partial charge in [0.2, 0.25) is 0 Å². The molecule has 0 fully saturated rings. The fourth-order valence-corrected chi connectivity index (χ4v) is 2.91. The Hall–Kier alpha value is -3.04. The lowest BCUT2D eigenvalue weighted by atomic mass is 9.94. The van der Waals surface area contributed by atoms with Crippen LogP contribution in [0.25, 0.3) is 15.9 Å². The molecule has 5 nitrogen and oxygen atoms in total. The lowest BCUT2D eigenvalue weighted by Gasteiger charge is -2.23. The Kier molecular flexibility index (Phi) is 4.58. The van der Waals surface area contributed by atoms with Crippen molar-refractivity contribution in [1.29, 1.82) is 0 Å². The van der Waals surface area contributed by atoms with Gasteiger partial charge in [-0.15, -0.1) is 0 Å². The SMILES string of the molecule is [C-]#[N+]c1ccc(CC(=O)[C@@](C)(O)Cn2cnc3cc(F)ccc32)cc1C. The second kappa shape index (κ2) is 6.70. The van der Waals surface area contributed by atoms with Crippen LogP contribution in [0.3, 0.4) is 0 Å². The molecule has 132 valence electrons. The molecule has 0 aliphatic heterocycles. The van der Waals surface area contributed by atoms with Gasteiger partial charge in [0.15, 0.2) is 11.5 Å². The van der Waals surface area contributed by atoms with E-state index in [4.69, 9.17) is 6.57 Å². The van der Waals surface area contributed by atoms with Crippen LogP contribution in [0.1, 0.15) is 18.1 Å². The largest absolute Gasteiger partial charge is 0.380 e. The van der Waals surface area contributed by atoms with E-state index in [9.17, 15) is 14.3 Å². The number of aryl methyl sites for hydroxylation is 1. The molecule has 2 aromatic carbocycles. The standard InChI is InChI=1S/C20H18FN3O2/c1-13-8-14(4-6-16(13)22-3)9-19(25)20(2,26)11-24-12-23-17-10-15(21)5-7-18(17)24/h4-8,10,12,26H,9,11H2,1-2H3/t20-/m0/s1.